The van der Waals surface area contributed by atoms with Crippen LogP contribution in [-0.2, 0) is 11.2 Å². The van der Waals surface area contributed by atoms with Crippen LogP contribution in [0.4, 0.5) is 0 Å². The molecule has 0 amide bonds. The SMILES string of the molecule is O=CC1CCCc2nnc(C3CC3)n21. The fraction of sp³-hybridized carbons (Fsp3) is 0.700. The molecule has 2 heterocycles. The van der Waals surface area contributed by atoms with E-state index in [1.165, 1.54) is 12.8 Å². The molecule has 1 aromatic heterocycles. The number of aldehydes is 1. The van der Waals surface area contributed by atoms with Gasteiger partial charge in [-0.25, -0.2) is 0 Å². The summed E-state index contributed by atoms with van der Waals surface area (Å²) in [7, 11) is 0. The van der Waals surface area contributed by atoms with Gasteiger partial charge in [-0.1, -0.05) is 0 Å². The summed E-state index contributed by atoms with van der Waals surface area (Å²) in [6.07, 6.45) is 6.45. The van der Waals surface area contributed by atoms with E-state index in [4.69, 9.17) is 0 Å². The predicted octanol–water partition coefficient (Wildman–Crippen LogP) is 1.23. The van der Waals surface area contributed by atoms with Gasteiger partial charge in [-0.2, -0.15) is 0 Å². The molecule has 74 valence electrons. The van der Waals surface area contributed by atoms with Crippen molar-refractivity contribution in [3.05, 3.63) is 11.6 Å². The molecule has 0 bridgehead atoms. The highest BCUT2D eigenvalue weighted by Gasteiger charge is 2.33. The molecule has 1 unspecified atom stereocenters. The zero-order valence-electron chi connectivity index (χ0n) is 8.02. The molecule has 1 aromatic rings. The molecule has 14 heavy (non-hydrogen) atoms. The number of rotatable bonds is 2. The Morgan fingerprint density at radius 2 is 2.14 bits per heavy atom. The van der Waals surface area contributed by atoms with Gasteiger partial charge in [-0.15, -0.1) is 10.2 Å². The van der Waals surface area contributed by atoms with Crippen molar-refractivity contribution >= 4 is 6.29 Å². The van der Waals surface area contributed by atoms with Gasteiger partial charge in [-0.3, -0.25) is 0 Å². The Balaban J connectivity index is 2.06. The monoisotopic (exact) mass is 191 g/mol. The average Bonchev–Trinajstić information content (AvgIpc) is 2.97. The molecule has 1 aliphatic heterocycles. The van der Waals surface area contributed by atoms with Crippen molar-refractivity contribution in [2.75, 3.05) is 0 Å². The van der Waals surface area contributed by atoms with E-state index in [1.54, 1.807) is 0 Å². The van der Waals surface area contributed by atoms with Crippen molar-refractivity contribution in [1.82, 2.24) is 14.8 Å². The van der Waals surface area contributed by atoms with E-state index >= 15 is 0 Å². The van der Waals surface area contributed by atoms with Crippen molar-refractivity contribution in [2.45, 2.75) is 44.1 Å². The maximum atomic E-state index is 10.9. The second-order valence-electron chi connectivity index (χ2n) is 4.21. The Morgan fingerprint density at radius 3 is 2.86 bits per heavy atom. The second-order valence-corrected chi connectivity index (χ2v) is 4.21. The van der Waals surface area contributed by atoms with Crippen LogP contribution in [0.5, 0.6) is 0 Å². The molecular weight excluding hydrogens is 178 g/mol. The van der Waals surface area contributed by atoms with Crippen LogP contribution in [0.25, 0.3) is 0 Å². The number of nitrogens with zero attached hydrogens (tertiary/aromatic N) is 3. The molecule has 0 saturated heterocycles. The summed E-state index contributed by atoms with van der Waals surface area (Å²) in [6.45, 7) is 0. The maximum absolute atomic E-state index is 10.9. The highest BCUT2D eigenvalue weighted by atomic mass is 16.1. The van der Waals surface area contributed by atoms with Crippen LogP contribution in [0.3, 0.4) is 0 Å². The lowest BCUT2D eigenvalue weighted by atomic mass is 10.1. The fourth-order valence-electron chi connectivity index (χ4n) is 2.22. The summed E-state index contributed by atoms with van der Waals surface area (Å²) in [5.74, 6) is 2.64. The smallest absolute Gasteiger partial charge is 0.142 e. The number of hydrogen-bond donors (Lipinski definition) is 0. The first-order chi connectivity index (χ1) is 6.90. The summed E-state index contributed by atoms with van der Waals surface area (Å²) < 4.78 is 2.08. The molecule has 1 fully saturated rings. The first kappa shape index (κ1) is 8.15. The maximum Gasteiger partial charge on any atom is 0.142 e. The van der Waals surface area contributed by atoms with Gasteiger partial charge >= 0.3 is 0 Å². The van der Waals surface area contributed by atoms with Gasteiger partial charge in [0.05, 0.1) is 6.04 Å². The van der Waals surface area contributed by atoms with Gasteiger partial charge < -0.3 is 9.36 Å². The van der Waals surface area contributed by atoms with E-state index in [0.29, 0.717) is 5.92 Å². The van der Waals surface area contributed by atoms with Crippen LogP contribution in [-0.4, -0.2) is 21.1 Å². The minimum atomic E-state index is 0.00403. The van der Waals surface area contributed by atoms with Gasteiger partial charge in [0.2, 0.25) is 0 Å². The van der Waals surface area contributed by atoms with Crippen LogP contribution in [0.1, 0.15) is 49.3 Å². The Kier molecular flexibility index (Phi) is 1.69. The first-order valence-electron chi connectivity index (χ1n) is 5.29. The van der Waals surface area contributed by atoms with E-state index < -0.39 is 0 Å². The topological polar surface area (TPSA) is 47.8 Å². The predicted molar refractivity (Wildman–Crippen MR) is 50.0 cm³/mol. The minimum absolute atomic E-state index is 0.00403. The summed E-state index contributed by atoms with van der Waals surface area (Å²) in [6, 6.07) is 0.00403. The first-order valence-corrected chi connectivity index (χ1v) is 5.29. The Morgan fingerprint density at radius 1 is 1.29 bits per heavy atom. The quantitative estimate of drug-likeness (QED) is 0.660. The van der Waals surface area contributed by atoms with Crippen LogP contribution in [0, 0.1) is 0 Å². The van der Waals surface area contributed by atoms with Crippen molar-refractivity contribution in [3.8, 4) is 0 Å². The Bertz CT molecular complexity index is 367. The summed E-state index contributed by atoms with van der Waals surface area (Å²) in [5, 5.41) is 8.38. The molecule has 0 aromatic carbocycles. The van der Waals surface area contributed by atoms with Crippen LogP contribution in [0.15, 0.2) is 0 Å². The normalized spacial score (nSPS) is 25.9. The molecule has 0 radical (unpaired) electrons. The van der Waals surface area contributed by atoms with Crippen molar-refractivity contribution < 1.29 is 4.79 Å². The van der Waals surface area contributed by atoms with Crippen molar-refractivity contribution in [2.24, 2.45) is 0 Å². The molecule has 1 saturated carbocycles. The minimum Gasteiger partial charge on any atom is -0.304 e. The zero-order chi connectivity index (χ0) is 9.54. The van der Waals surface area contributed by atoms with Gasteiger partial charge in [-0.05, 0) is 25.7 Å². The van der Waals surface area contributed by atoms with Gasteiger partial charge in [0.1, 0.15) is 17.9 Å². The lowest BCUT2D eigenvalue weighted by Crippen LogP contribution is -2.20. The summed E-state index contributed by atoms with van der Waals surface area (Å²) in [5.41, 5.74) is 0. The third kappa shape index (κ3) is 1.10. The third-order valence-electron chi connectivity index (χ3n) is 3.12. The molecule has 1 atom stereocenters. The van der Waals surface area contributed by atoms with Crippen molar-refractivity contribution in [1.29, 1.82) is 0 Å². The van der Waals surface area contributed by atoms with E-state index in [1.807, 2.05) is 0 Å². The number of hydrogen-bond acceptors (Lipinski definition) is 3. The van der Waals surface area contributed by atoms with Crippen LogP contribution in [0.2, 0.25) is 0 Å². The van der Waals surface area contributed by atoms with Crippen LogP contribution >= 0.6 is 0 Å². The second kappa shape index (κ2) is 2.90. The third-order valence-corrected chi connectivity index (χ3v) is 3.12. The number of aryl methyl sites for hydroxylation is 1. The Labute approximate surface area is 82.3 Å². The molecule has 0 N–H and O–H groups in total. The number of carbonyl (C=O) groups is 1. The largest absolute Gasteiger partial charge is 0.304 e. The van der Waals surface area contributed by atoms with Crippen LogP contribution < -0.4 is 0 Å². The molecule has 3 rings (SSSR count). The molecular formula is C10H13N3O. The van der Waals surface area contributed by atoms with Crippen molar-refractivity contribution in [3.63, 3.8) is 0 Å². The molecule has 4 nitrogen and oxygen atoms in total. The highest BCUT2D eigenvalue weighted by Crippen LogP contribution is 2.41. The molecule has 1 aliphatic carbocycles. The van der Waals surface area contributed by atoms with Gasteiger partial charge in [0.25, 0.3) is 0 Å². The lowest BCUT2D eigenvalue weighted by molar-refractivity contribution is -0.111. The Hall–Kier alpha value is -1.19. The molecule has 2 aliphatic rings. The molecule has 4 heteroatoms. The van der Waals surface area contributed by atoms with Gasteiger partial charge in [0.15, 0.2) is 0 Å². The van der Waals surface area contributed by atoms with E-state index in [0.717, 1.165) is 37.2 Å². The standard InChI is InChI=1S/C10H13N3O/c14-6-8-2-1-3-9-11-12-10(13(8)9)7-4-5-7/h6-8H,1-5H2. The zero-order valence-corrected chi connectivity index (χ0v) is 8.02. The number of fused-ring (bicyclic) bond motifs is 1. The van der Waals surface area contributed by atoms with E-state index in [-0.39, 0.29) is 6.04 Å². The van der Waals surface area contributed by atoms with E-state index in [2.05, 4.69) is 14.8 Å². The summed E-state index contributed by atoms with van der Waals surface area (Å²) >= 11 is 0. The molecule has 0 spiro atoms. The van der Waals surface area contributed by atoms with E-state index in [9.17, 15) is 4.79 Å². The average molecular weight is 191 g/mol. The van der Waals surface area contributed by atoms with Gasteiger partial charge in [0, 0.05) is 12.3 Å². The number of aromatic nitrogens is 3. The highest BCUT2D eigenvalue weighted by molar-refractivity contribution is 5.56. The summed E-state index contributed by atoms with van der Waals surface area (Å²) in [4.78, 5) is 10.9. The lowest BCUT2D eigenvalue weighted by Gasteiger charge is -2.21. The number of carbonyl (C=O) groups excluding carboxylic acids is 1. The fourth-order valence-corrected chi connectivity index (χ4v) is 2.22.